The molecule has 0 bridgehead atoms. The first-order chi connectivity index (χ1) is 18.8. The second kappa shape index (κ2) is 15.8. The average molecular weight is 708 g/mol. The van der Waals surface area contributed by atoms with Gasteiger partial charge in [-0.25, -0.2) is 5.57 Å². The van der Waals surface area contributed by atoms with E-state index in [-0.39, 0.29) is 64.0 Å². The van der Waals surface area contributed by atoms with Crippen LogP contribution in [0.15, 0.2) is 53.1 Å². The second-order valence-electron chi connectivity index (χ2n) is 11.6. The number of hydrogen-bond donors (Lipinski definition) is 0. The molecule has 0 N–H and O–H groups in total. The van der Waals surface area contributed by atoms with Crippen LogP contribution in [0.1, 0.15) is 61.1 Å². The molecule has 1 unspecified atom stereocenters. The van der Waals surface area contributed by atoms with Crippen molar-refractivity contribution in [3.8, 4) is 17.2 Å². The molecule has 4 rings (SSSR count). The van der Waals surface area contributed by atoms with Gasteiger partial charge >= 0.3 is 21.7 Å². The number of hydrogen-bond acceptors (Lipinski definition) is 3. The SMILES string of the molecule is COc1ccc([Si](c2ccc(OC)c(C)c2C)(c2ccc(OC)c(C)c2C)C2(C)[C-]=C(C)C(C)=C2C)c(C)c1C.[Cl-].[Cl-].[Cl-].[Ti+4]. The molecule has 0 heterocycles. The molecule has 1 atom stereocenters. The van der Waals surface area contributed by atoms with E-state index in [0.29, 0.717) is 0 Å². The Hall–Kier alpha value is -1.66. The van der Waals surface area contributed by atoms with E-state index in [1.165, 1.54) is 65.7 Å². The number of ether oxygens (including phenoxy) is 3. The number of benzene rings is 3. The Morgan fingerprint density at radius 1 is 0.523 bits per heavy atom. The fourth-order valence-corrected chi connectivity index (χ4v) is 14.0. The topological polar surface area (TPSA) is 27.7 Å². The van der Waals surface area contributed by atoms with Gasteiger partial charge in [-0.3, -0.25) is 6.08 Å². The predicted molar refractivity (Wildman–Crippen MR) is 171 cm³/mol. The Balaban J connectivity index is 0.00000462. The molecule has 0 saturated heterocycles. The molecular weight excluding hydrogens is 663 g/mol. The molecule has 0 fully saturated rings. The fraction of sp³-hybridized carbons (Fsp3) is 0.389. The van der Waals surface area contributed by atoms with Crippen molar-refractivity contribution in [3.05, 3.63) is 92.6 Å². The summed E-state index contributed by atoms with van der Waals surface area (Å²) in [5.41, 5.74) is 11.4. The van der Waals surface area contributed by atoms with Gasteiger partial charge < -0.3 is 51.4 Å². The summed E-state index contributed by atoms with van der Waals surface area (Å²) in [7, 11) is 2.32. The van der Waals surface area contributed by atoms with Gasteiger partial charge in [0.05, 0.1) is 21.3 Å². The number of halogens is 3. The first kappa shape index (κ1) is 42.3. The van der Waals surface area contributed by atoms with Crippen LogP contribution in [0.2, 0.25) is 5.04 Å². The van der Waals surface area contributed by atoms with Crippen molar-refractivity contribution < 1.29 is 73.1 Å². The minimum Gasteiger partial charge on any atom is -1.00 e. The summed E-state index contributed by atoms with van der Waals surface area (Å²) in [6, 6.07) is 13.5. The number of methoxy groups -OCH3 is 3. The second-order valence-corrected chi connectivity index (χ2v) is 15.7. The summed E-state index contributed by atoms with van der Waals surface area (Å²) < 4.78 is 17.4. The summed E-state index contributed by atoms with van der Waals surface area (Å²) >= 11 is 0. The molecular formula is C36H45Cl3O3SiTi. The maximum atomic E-state index is 5.81. The van der Waals surface area contributed by atoms with Gasteiger partial charge in [0.25, 0.3) is 0 Å². The first-order valence-corrected chi connectivity index (χ1v) is 16.1. The fourth-order valence-electron chi connectivity index (χ4n) is 7.11. The van der Waals surface area contributed by atoms with Gasteiger partial charge in [-0.15, -0.1) is 6.92 Å². The normalized spacial score (nSPS) is 15.7. The number of allylic oxidation sites excluding steroid dienone is 4. The van der Waals surface area contributed by atoms with Crippen LogP contribution in [0.25, 0.3) is 0 Å². The van der Waals surface area contributed by atoms with Crippen molar-refractivity contribution in [2.24, 2.45) is 0 Å². The van der Waals surface area contributed by atoms with Gasteiger partial charge in [0.2, 0.25) is 0 Å². The summed E-state index contributed by atoms with van der Waals surface area (Å²) in [6.07, 6.45) is 4.10. The maximum Gasteiger partial charge on any atom is 4.00 e. The first-order valence-electron chi connectivity index (χ1n) is 14.1. The van der Waals surface area contributed by atoms with Crippen LogP contribution >= 0.6 is 0 Å². The van der Waals surface area contributed by atoms with Gasteiger partial charge in [0.1, 0.15) is 25.3 Å². The minimum absolute atomic E-state index is 0. The summed E-state index contributed by atoms with van der Waals surface area (Å²) in [5.74, 6) is 2.76. The molecule has 0 aromatic heterocycles. The van der Waals surface area contributed by atoms with Crippen LogP contribution in [0.3, 0.4) is 0 Å². The minimum atomic E-state index is -2.95. The molecule has 3 aromatic rings. The third-order valence-corrected chi connectivity index (χ3v) is 16.2. The van der Waals surface area contributed by atoms with Crippen molar-refractivity contribution in [3.63, 3.8) is 0 Å². The Morgan fingerprint density at radius 3 is 1.05 bits per heavy atom. The smallest absolute Gasteiger partial charge is 1.00 e. The monoisotopic (exact) mass is 706 g/mol. The van der Waals surface area contributed by atoms with Crippen molar-refractivity contribution in [1.29, 1.82) is 0 Å². The van der Waals surface area contributed by atoms with Gasteiger partial charge in [-0.05, 0) is 109 Å². The Morgan fingerprint density at radius 2 is 0.818 bits per heavy atom. The molecule has 236 valence electrons. The molecule has 0 radical (unpaired) electrons. The zero-order valence-corrected chi connectivity index (χ0v) is 33.2. The largest absolute Gasteiger partial charge is 4.00 e. The molecule has 0 amide bonds. The van der Waals surface area contributed by atoms with Crippen LogP contribution in [0.5, 0.6) is 17.2 Å². The molecule has 0 saturated carbocycles. The Bertz CT molecular complexity index is 1440. The average Bonchev–Trinajstić information content (AvgIpc) is 3.14. The van der Waals surface area contributed by atoms with E-state index in [2.05, 4.69) is 112 Å². The number of rotatable bonds is 7. The Kier molecular flexibility index (Phi) is 15.2. The summed E-state index contributed by atoms with van der Waals surface area (Å²) in [4.78, 5) is 0. The summed E-state index contributed by atoms with van der Waals surface area (Å²) in [5, 5.41) is 3.83. The molecule has 3 aromatic carbocycles. The molecule has 3 nitrogen and oxygen atoms in total. The van der Waals surface area contributed by atoms with Gasteiger partial charge in [0, 0.05) is 0 Å². The van der Waals surface area contributed by atoms with E-state index in [1.807, 2.05) is 0 Å². The molecule has 0 aliphatic heterocycles. The molecule has 1 aliphatic rings. The van der Waals surface area contributed by atoms with Crippen LogP contribution < -0.4 is 67.0 Å². The zero-order valence-electron chi connectivity index (χ0n) is 28.3. The van der Waals surface area contributed by atoms with E-state index < -0.39 is 8.07 Å². The molecule has 1 aliphatic carbocycles. The molecule has 44 heavy (non-hydrogen) atoms. The van der Waals surface area contributed by atoms with Gasteiger partial charge in [0.15, 0.2) is 0 Å². The molecule has 0 spiro atoms. The van der Waals surface area contributed by atoms with E-state index >= 15 is 0 Å². The van der Waals surface area contributed by atoms with Crippen LogP contribution in [-0.4, -0.2) is 29.4 Å². The molecule has 8 heteroatoms. The predicted octanol–water partition coefficient (Wildman–Crippen LogP) is -2.10. The third-order valence-electron chi connectivity index (χ3n) is 10.1. The van der Waals surface area contributed by atoms with Gasteiger partial charge in [-0.1, -0.05) is 44.0 Å². The standard InChI is InChI=1S/C36H45O3Si.3ClH.Ti/c1-21-20-36(10,29(9)22(21)2)40(33-17-14-30(37-11)23(3)26(33)6,34-18-15-31(38-12)24(4)27(34)7)35-19-16-32(39-13)25(5)28(35)8;;;;/h14-19H,1-13H3;3*1H;/q-1;;;;+4/p-3. The quantitative estimate of drug-likeness (QED) is 0.160. The van der Waals surface area contributed by atoms with E-state index in [0.717, 1.165) is 17.2 Å². The van der Waals surface area contributed by atoms with Crippen LogP contribution in [-0.2, 0) is 21.7 Å². The van der Waals surface area contributed by atoms with Crippen LogP contribution in [0.4, 0.5) is 0 Å². The summed E-state index contributed by atoms with van der Waals surface area (Å²) in [6.45, 7) is 22.6. The van der Waals surface area contributed by atoms with E-state index in [1.54, 1.807) is 21.3 Å². The van der Waals surface area contributed by atoms with Crippen molar-refractivity contribution in [2.75, 3.05) is 21.3 Å². The third kappa shape index (κ3) is 6.08. The van der Waals surface area contributed by atoms with E-state index in [4.69, 9.17) is 14.2 Å². The van der Waals surface area contributed by atoms with Crippen molar-refractivity contribution in [1.82, 2.24) is 0 Å². The van der Waals surface area contributed by atoms with Crippen molar-refractivity contribution in [2.45, 2.75) is 74.3 Å². The zero-order chi connectivity index (χ0) is 29.7. The van der Waals surface area contributed by atoms with Gasteiger partial charge in [-0.2, -0.15) is 11.1 Å². The van der Waals surface area contributed by atoms with Crippen molar-refractivity contribution >= 4 is 23.6 Å². The maximum absolute atomic E-state index is 5.81. The Labute approximate surface area is 300 Å². The van der Waals surface area contributed by atoms with E-state index in [9.17, 15) is 0 Å². The van der Waals surface area contributed by atoms with Crippen LogP contribution in [0, 0.1) is 47.6 Å².